The van der Waals surface area contributed by atoms with Crippen LogP contribution in [0.2, 0.25) is 0 Å². The molecule has 0 bridgehead atoms. The fourth-order valence-electron chi connectivity index (χ4n) is 1.96. The highest BCUT2D eigenvalue weighted by Gasteiger charge is 2.24. The third-order valence-corrected chi connectivity index (χ3v) is 2.89. The Morgan fingerprint density at radius 2 is 2.47 bits per heavy atom. The van der Waals surface area contributed by atoms with Gasteiger partial charge in [0.15, 0.2) is 0 Å². The van der Waals surface area contributed by atoms with Crippen LogP contribution in [0.1, 0.15) is 33.1 Å². The summed E-state index contributed by atoms with van der Waals surface area (Å²) in [7, 11) is 0. The molecule has 0 radical (unpaired) electrons. The predicted octanol–water partition coefficient (Wildman–Crippen LogP) is 1.46. The quantitative estimate of drug-likeness (QED) is 0.690. The molecule has 3 nitrogen and oxygen atoms in total. The molecule has 0 aromatic rings. The van der Waals surface area contributed by atoms with Crippen LogP contribution in [0.4, 0.5) is 0 Å². The van der Waals surface area contributed by atoms with Crippen LogP contribution < -0.4 is 10.6 Å². The van der Waals surface area contributed by atoms with Crippen molar-refractivity contribution in [3.05, 3.63) is 12.7 Å². The summed E-state index contributed by atoms with van der Waals surface area (Å²) < 4.78 is 0. The molecule has 1 saturated heterocycles. The molecule has 3 unspecified atom stereocenters. The van der Waals surface area contributed by atoms with Gasteiger partial charge in [-0.2, -0.15) is 0 Å². The molecule has 1 amide bonds. The van der Waals surface area contributed by atoms with E-state index in [-0.39, 0.29) is 18.0 Å². The van der Waals surface area contributed by atoms with Crippen molar-refractivity contribution in [2.75, 3.05) is 6.54 Å². The summed E-state index contributed by atoms with van der Waals surface area (Å²) in [6.45, 7) is 8.83. The highest BCUT2D eigenvalue weighted by Crippen LogP contribution is 2.15. The van der Waals surface area contributed by atoms with Gasteiger partial charge in [-0.25, -0.2) is 0 Å². The zero-order chi connectivity index (χ0) is 11.3. The largest absolute Gasteiger partial charge is 0.352 e. The van der Waals surface area contributed by atoms with Crippen LogP contribution in [0, 0.1) is 5.92 Å². The van der Waals surface area contributed by atoms with Gasteiger partial charge in [0.05, 0.1) is 6.04 Å². The average Bonchev–Trinajstić information content (AvgIpc) is 2.18. The van der Waals surface area contributed by atoms with Gasteiger partial charge in [-0.05, 0) is 38.6 Å². The van der Waals surface area contributed by atoms with Crippen molar-refractivity contribution < 1.29 is 4.79 Å². The van der Waals surface area contributed by atoms with E-state index in [1.165, 1.54) is 6.42 Å². The van der Waals surface area contributed by atoms with Crippen LogP contribution in [0.3, 0.4) is 0 Å². The molecule has 0 saturated carbocycles. The maximum Gasteiger partial charge on any atom is 0.237 e. The molecule has 15 heavy (non-hydrogen) atoms. The minimum atomic E-state index is 0.000940. The number of piperidine rings is 1. The van der Waals surface area contributed by atoms with Gasteiger partial charge in [-0.1, -0.05) is 13.0 Å². The molecule has 86 valence electrons. The van der Waals surface area contributed by atoms with E-state index in [9.17, 15) is 4.79 Å². The van der Waals surface area contributed by atoms with Crippen molar-refractivity contribution in [3.63, 3.8) is 0 Å². The molecule has 3 heteroatoms. The van der Waals surface area contributed by atoms with Gasteiger partial charge in [-0.3, -0.25) is 4.79 Å². The van der Waals surface area contributed by atoms with Gasteiger partial charge < -0.3 is 10.6 Å². The minimum absolute atomic E-state index is 0.000940. The van der Waals surface area contributed by atoms with E-state index in [4.69, 9.17) is 0 Å². The number of amides is 1. The summed E-state index contributed by atoms with van der Waals surface area (Å²) in [4.78, 5) is 11.8. The Morgan fingerprint density at radius 1 is 1.73 bits per heavy atom. The zero-order valence-electron chi connectivity index (χ0n) is 9.75. The topological polar surface area (TPSA) is 41.1 Å². The van der Waals surface area contributed by atoms with Crippen LogP contribution in [0.15, 0.2) is 12.7 Å². The van der Waals surface area contributed by atoms with Crippen LogP contribution >= 0.6 is 0 Å². The van der Waals surface area contributed by atoms with Gasteiger partial charge in [0, 0.05) is 6.04 Å². The Morgan fingerprint density at radius 3 is 3.07 bits per heavy atom. The monoisotopic (exact) mass is 210 g/mol. The van der Waals surface area contributed by atoms with Crippen molar-refractivity contribution in [2.24, 2.45) is 5.92 Å². The van der Waals surface area contributed by atoms with E-state index >= 15 is 0 Å². The lowest BCUT2D eigenvalue weighted by atomic mass is 9.94. The first-order valence-corrected chi connectivity index (χ1v) is 5.78. The first kappa shape index (κ1) is 12.2. The van der Waals surface area contributed by atoms with Crippen LogP contribution in [-0.4, -0.2) is 24.5 Å². The molecule has 0 aliphatic carbocycles. The van der Waals surface area contributed by atoms with Gasteiger partial charge in [0.2, 0.25) is 5.91 Å². The molecule has 1 heterocycles. The third kappa shape index (κ3) is 4.04. The lowest BCUT2D eigenvalue weighted by molar-refractivity contribution is -0.124. The summed E-state index contributed by atoms with van der Waals surface area (Å²) in [5.74, 6) is 0.785. The van der Waals surface area contributed by atoms with Crippen molar-refractivity contribution in [1.29, 1.82) is 0 Å². The normalized spacial score (nSPS) is 28.1. The molecular weight excluding hydrogens is 188 g/mol. The van der Waals surface area contributed by atoms with E-state index in [0.717, 1.165) is 19.4 Å². The van der Waals surface area contributed by atoms with Gasteiger partial charge in [0.1, 0.15) is 0 Å². The van der Waals surface area contributed by atoms with Crippen molar-refractivity contribution in [1.82, 2.24) is 10.6 Å². The highest BCUT2D eigenvalue weighted by atomic mass is 16.2. The van der Waals surface area contributed by atoms with E-state index in [0.29, 0.717) is 5.92 Å². The Hall–Kier alpha value is -0.830. The summed E-state index contributed by atoms with van der Waals surface area (Å²) in [5, 5.41) is 6.26. The Bertz CT molecular complexity index is 228. The molecule has 1 fully saturated rings. The Labute approximate surface area is 92.3 Å². The van der Waals surface area contributed by atoms with Crippen molar-refractivity contribution >= 4 is 5.91 Å². The second-order valence-corrected chi connectivity index (χ2v) is 4.57. The van der Waals surface area contributed by atoms with E-state index in [1.807, 2.05) is 13.0 Å². The van der Waals surface area contributed by atoms with Crippen molar-refractivity contribution in [3.8, 4) is 0 Å². The first-order valence-electron chi connectivity index (χ1n) is 5.78. The number of nitrogens with one attached hydrogen (secondary N) is 2. The van der Waals surface area contributed by atoms with Crippen molar-refractivity contribution in [2.45, 2.75) is 45.2 Å². The molecule has 0 aromatic carbocycles. The maximum atomic E-state index is 11.8. The average molecular weight is 210 g/mol. The van der Waals surface area contributed by atoms with E-state index < -0.39 is 0 Å². The fraction of sp³-hybridized carbons (Fsp3) is 0.750. The van der Waals surface area contributed by atoms with E-state index in [2.05, 4.69) is 24.1 Å². The summed E-state index contributed by atoms with van der Waals surface area (Å²) in [5.41, 5.74) is 0. The van der Waals surface area contributed by atoms with E-state index in [1.54, 1.807) is 0 Å². The van der Waals surface area contributed by atoms with Crippen LogP contribution in [0.5, 0.6) is 0 Å². The first-order chi connectivity index (χ1) is 7.13. The Kier molecular flexibility index (Phi) is 4.82. The number of carbonyl (C=O) groups is 1. The molecule has 3 atom stereocenters. The molecule has 1 aliphatic heterocycles. The second-order valence-electron chi connectivity index (χ2n) is 4.57. The number of hydrogen-bond donors (Lipinski definition) is 2. The Balaban J connectivity index is 2.35. The molecule has 1 rings (SSSR count). The maximum absolute atomic E-state index is 11.8. The molecule has 2 N–H and O–H groups in total. The highest BCUT2D eigenvalue weighted by molar-refractivity contribution is 5.82. The molecule has 1 aliphatic rings. The summed E-state index contributed by atoms with van der Waals surface area (Å²) >= 11 is 0. The van der Waals surface area contributed by atoms with Gasteiger partial charge in [0.25, 0.3) is 0 Å². The smallest absolute Gasteiger partial charge is 0.237 e. The number of hydrogen-bond acceptors (Lipinski definition) is 2. The molecule has 0 spiro atoms. The molecule has 0 aromatic heterocycles. The van der Waals surface area contributed by atoms with Gasteiger partial charge in [-0.15, -0.1) is 6.58 Å². The van der Waals surface area contributed by atoms with Gasteiger partial charge >= 0.3 is 0 Å². The second kappa shape index (κ2) is 5.91. The number of rotatable bonds is 4. The SMILES string of the molecule is C=CCC(C)NC(=O)C1CC(C)CCN1. The third-order valence-electron chi connectivity index (χ3n) is 2.89. The fourth-order valence-corrected chi connectivity index (χ4v) is 1.96. The summed E-state index contributed by atoms with van der Waals surface area (Å²) in [6, 6.07) is 0.190. The summed E-state index contributed by atoms with van der Waals surface area (Å²) in [6.07, 6.45) is 4.79. The lowest BCUT2D eigenvalue weighted by Gasteiger charge is -2.28. The van der Waals surface area contributed by atoms with Crippen LogP contribution in [-0.2, 0) is 4.79 Å². The lowest BCUT2D eigenvalue weighted by Crippen LogP contribution is -2.50. The zero-order valence-corrected chi connectivity index (χ0v) is 9.75. The van der Waals surface area contributed by atoms with Crippen LogP contribution in [0.25, 0.3) is 0 Å². The minimum Gasteiger partial charge on any atom is -0.352 e. The molecular formula is C12H22N2O. The number of carbonyl (C=O) groups excluding carboxylic acids is 1. The predicted molar refractivity (Wildman–Crippen MR) is 62.6 cm³/mol. The standard InChI is InChI=1S/C12H22N2O/c1-4-5-10(3)14-12(15)11-8-9(2)6-7-13-11/h4,9-11,13H,1,5-8H2,2-3H3,(H,14,15).